The Morgan fingerprint density at radius 1 is 1.62 bits per heavy atom. The molecule has 5 heteroatoms. The molecule has 2 fully saturated rings. The van der Waals surface area contributed by atoms with E-state index in [0.29, 0.717) is 6.04 Å². The van der Waals surface area contributed by atoms with Gasteiger partial charge in [0.05, 0.1) is 18.1 Å². The smallest absolute Gasteiger partial charge is 0.305 e. The van der Waals surface area contributed by atoms with Crippen LogP contribution in [-0.2, 0) is 9.53 Å². The zero-order valence-corrected chi connectivity index (χ0v) is 9.66. The lowest BCUT2D eigenvalue weighted by atomic mass is 9.86. The number of nitrogens with one attached hydrogen (secondary N) is 2. The fraction of sp³-hybridized carbons (Fsp3) is 0.909. The van der Waals surface area contributed by atoms with Crippen molar-refractivity contribution in [3.05, 3.63) is 0 Å². The Bertz CT molecular complexity index is 266. The molecular weight excluding hydrogens is 208 g/mol. The molecule has 5 nitrogen and oxygen atoms in total. The van der Waals surface area contributed by atoms with Crippen molar-refractivity contribution < 1.29 is 14.6 Å². The van der Waals surface area contributed by atoms with Crippen molar-refractivity contribution in [3.8, 4) is 0 Å². The predicted molar refractivity (Wildman–Crippen MR) is 59.4 cm³/mol. The number of ether oxygens (including phenoxy) is 1. The van der Waals surface area contributed by atoms with Gasteiger partial charge in [-0.2, -0.15) is 0 Å². The molecule has 2 rings (SSSR count). The molecule has 0 saturated carbocycles. The normalized spacial score (nSPS) is 33.1. The Kier molecular flexibility index (Phi) is 3.47. The molecule has 0 bridgehead atoms. The maximum absolute atomic E-state index is 10.8. The van der Waals surface area contributed by atoms with E-state index in [2.05, 4.69) is 17.6 Å². The number of rotatable bonds is 4. The summed E-state index contributed by atoms with van der Waals surface area (Å²) in [5.41, 5.74) is -0.229. The Morgan fingerprint density at radius 3 is 2.88 bits per heavy atom. The van der Waals surface area contributed by atoms with Crippen LogP contribution in [0, 0.1) is 0 Å². The lowest BCUT2D eigenvalue weighted by Crippen LogP contribution is -2.70. The number of carbonyl (C=O) groups is 1. The molecule has 2 saturated heterocycles. The number of hydrogen-bond acceptors (Lipinski definition) is 4. The molecule has 2 atom stereocenters. The van der Waals surface area contributed by atoms with Gasteiger partial charge in [-0.1, -0.05) is 0 Å². The first kappa shape index (κ1) is 11.8. The van der Waals surface area contributed by atoms with Gasteiger partial charge >= 0.3 is 5.97 Å². The van der Waals surface area contributed by atoms with Crippen LogP contribution in [-0.4, -0.2) is 48.5 Å². The quantitative estimate of drug-likeness (QED) is 0.630. The first-order chi connectivity index (χ1) is 7.60. The van der Waals surface area contributed by atoms with Gasteiger partial charge in [0.25, 0.3) is 0 Å². The second-order valence-electron chi connectivity index (χ2n) is 5.00. The summed E-state index contributed by atoms with van der Waals surface area (Å²) in [5, 5.41) is 15.6. The summed E-state index contributed by atoms with van der Waals surface area (Å²) < 4.78 is 5.48. The number of aliphatic carboxylic acids is 1. The minimum absolute atomic E-state index is 0.200. The highest BCUT2D eigenvalue weighted by Crippen LogP contribution is 2.21. The van der Waals surface area contributed by atoms with E-state index in [1.165, 1.54) is 0 Å². The molecule has 92 valence electrons. The largest absolute Gasteiger partial charge is 0.481 e. The van der Waals surface area contributed by atoms with E-state index in [0.717, 1.165) is 32.5 Å². The number of hydrogen-bond donors (Lipinski definition) is 3. The lowest BCUT2D eigenvalue weighted by molar-refractivity contribution is -0.139. The van der Waals surface area contributed by atoms with Crippen molar-refractivity contribution in [2.24, 2.45) is 0 Å². The monoisotopic (exact) mass is 228 g/mol. The molecule has 3 N–H and O–H groups in total. The van der Waals surface area contributed by atoms with Crippen LogP contribution < -0.4 is 10.6 Å². The zero-order valence-electron chi connectivity index (χ0n) is 9.66. The van der Waals surface area contributed by atoms with Gasteiger partial charge in [-0.05, 0) is 19.8 Å². The van der Waals surface area contributed by atoms with Crippen molar-refractivity contribution >= 4 is 5.97 Å². The molecule has 0 aromatic rings. The fourth-order valence-electron chi connectivity index (χ4n) is 2.56. The van der Waals surface area contributed by atoms with Crippen LogP contribution in [0.2, 0.25) is 0 Å². The molecule has 0 radical (unpaired) electrons. The summed E-state index contributed by atoms with van der Waals surface area (Å²) in [5.74, 6) is -0.728. The number of carboxylic acid groups (broad SMARTS) is 1. The lowest BCUT2D eigenvalue weighted by Gasteiger charge is -2.46. The molecule has 2 heterocycles. The van der Waals surface area contributed by atoms with Crippen LogP contribution in [0.4, 0.5) is 0 Å². The molecule has 0 spiro atoms. The van der Waals surface area contributed by atoms with Gasteiger partial charge in [-0.15, -0.1) is 0 Å². The molecule has 0 aromatic heterocycles. The standard InChI is InChI=1S/C11H20N2O3/c1-8-4-9(2-3-16-8)13-11(5-10(14)15)6-12-7-11/h8-9,12-13H,2-7H2,1H3,(H,14,15). The third kappa shape index (κ3) is 2.72. The number of carboxylic acids is 1. The molecule has 0 amide bonds. The maximum atomic E-state index is 10.8. The molecule has 0 aliphatic carbocycles. The van der Waals surface area contributed by atoms with Crippen LogP contribution in [0.1, 0.15) is 26.2 Å². The van der Waals surface area contributed by atoms with E-state index in [-0.39, 0.29) is 18.1 Å². The van der Waals surface area contributed by atoms with E-state index < -0.39 is 5.97 Å². The summed E-state index contributed by atoms with van der Waals surface area (Å²) in [6, 6.07) is 0.394. The summed E-state index contributed by atoms with van der Waals surface area (Å²) in [6.07, 6.45) is 2.43. The van der Waals surface area contributed by atoms with Gasteiger partial charge in [0.15, 0.2) is 0 Å². The third-order valence-electron chi connectivity index (χ3n) is 3.41. The topological polar surface area (TPSA) is 70.6 Å². The average molecular weight is 228 g/mol. The second-order valence-corrected chi connectivity index (χ2v) is 5.00. The average Bonchev–Trinajstić information content (AvgIpc) is 2.13. The summed E-state index contributed by atoms with van der Waals surface area (Å²) in [7, 11) is 0. The molecule has 2 aliphatic heterocycles. The maximum Gasteiger partial charge on any atom is 0.305 e. The summed E-state index contributed by atoms with van der Waals surface area (Å²) in [6.45, 7) is 4.35. The Morgan fingerprint density at radius 2 is 2.38 bits per heavy atom. The second kappa shape index (κ2) is 4.69. The van der Waals surface area contributed by atoms with Gasteiger partial charge in [-0.25, -0.2) is 0 Å². The molecular formula is C11H20N2O3. The minimum Gasteiger partial charge on any atom is -0.481 e. The van der Waals surface area contributed by atoms with Crippen LogP contribution in [0.5, 0.6) is 0 Å². The Balaban J connectivity index is 1.88. The SMILES string of the molecule is CC1CC(NC2(CC(=O)O)CNC2)CCO1. The van der Waals surface area contributed by atoms with E-state index >= 15 is 0 Å². The van der Waals surface area contributed by atoms with Gasteiger partial charge in [0.1, 0.15) is 0 Å². The van der Waals surface area contributed by atoms with E-state index in [9.17, 15) is 4.79 Å². The van der Waals surface area contributed by atoms with E-state index in [1.54, 1.807) is 0 Å². The minimum atomic E-state index is -0.728. The molecule has 16 heavy (non-hydrogen) atoms. The molecule has 0 aromatic carbocycles. The van der Waals surface area contributed by atoms with Crippen LogP contribution in [0.3, 0.4) is 0 Å². The summed E-state index contributed by atoms with van der Waals surface area (Å²) in [4.78, 5) is 10.8. The van der Waals surface area contributed by atoms with Gasteiger partial charge in [-0.3, -0.25) is 4.79 Å². The highest BCUT2D eigenvalue weighted by atomic mass is 16.5. The first-order valence-corrected chi connectivity index (χ1v) is 5.91. The van der Waals surface area contributed by atoms with Gasteiger partial charge in [0, 0.05) is 25.7 Å². The van der Waals surface area contributed by atoms with Gasteiger partial charge < -0.3 is 20.5 Å². The Hall–Kier alpha value is -0.650. The fourth-order valence-corrected chi connectivity index (χ4v) is 2.56. The Labute approximate surface area is 95.5 Å². The van der Waals surface area contributed by atoms with Crippen LogP contribution in [0.15, 0.2) is 0 Å². The highest BCUT2D eigenvalue weighted by Gasteiger charge is 2.41. The highest BCUT2D eigenvalue weighted by molar-refractivity contribution is 5.68. The van der Waals surface area contributed by atoms with Crippen molar-refractivity contribution in [2.75, 3.05) is 19.7 Å². The van der Waals surface area contributed by atoms with Crippen LogP contribution in [0.25, 0.3) is 0 Å². The molecule has 2 aliphatic rings. The van der Waals surface area contributed by atoms with E-state index in [1.807, 2.05) is 0 Å². The van der Waals surface area contributed by atoms with Crippen molar-refractivity contribution in [2.45, 2.75) is 43.9 Å². The van der Waals surface area contributed by atoms with Crippen LogP contribution >= 0.6 is 0 Å². The van der Waals surface area contributed by atoms with Gasteiger partial charge in [0.2, 0.25) is 0 Å². The predicted octanol–water partition coefficient (Wildman–Crippen LogP) is -0.0398. The zero-order chi connectivity index (χ0) is 11.6. The van der Waals surface area contributed by atoms with E-state index in [4.69, 9.17) is 9.84 Å². The summed E-state index contributed by atoms with van der Waals surface area (Å²) >= 11 is 0. The van der Waals surface area contributed by atoms with Crippen molar-refractivity contribution in [1.29, 1.82) is 0 Å². The first-order valence-electron chi connectivity index (χ1n) is 5.91. The molecule has 2 unspecified atom stereocenters. The van der Waals surface area contributed by atoms with Crippen molar-refractivity contribution in [3.63, 3.8) is 0 Å². The third-order valence-corrected chi connectivity index (χ3v) is 3.41. The van der Waals surface area contributed by atoms with Crippen molar-refractivity contribution in [1.82, 2.24) is 10.6 Å².